The molecule has 3 aliphatic heterocycles. The number of hydroxylamine groups is 6. The molecule has 0 aromatic carbocycles. The van der Waals surface area contributed by atoms with Gasteiger partial charge in [0.15, 0.2) is 0 Å². The zero-order chi connectivity index (χ0) is 36.7. The predicted molar refractivity (Wildman–Crippen MR) is 158 cm³/mol. The van der Waals surface area contributed by atoms with Gasteiger partial charge in [0.2, 0.25) is 0 Å². The maximum absolute atomic E-state index is 10.7. The van der Waals surface area contributed by atoms with E-state index in [-0.39, 0.29) is 77.4 Å². The summed E-state index contributed by atoms with van der Waals surface area (Å²) in [5.74, 6) is -3.83. The third-order valence-electron chi connectivity index (χ3n) is 4.32. The minimum atomic E-state index is -0.659. The van der Waals surface area contributed by atoms with Gasteiger partial charge in [-0.05, 0) is 34.6 Å². The molecule has 46 heavy (non-hydrogen) atoms. The van der Waals surface area contributed by atoms with E-state index >= 15 is 0 Å². The monoisotopic (exact) mass is 665 g/mol. The van der Waals surface area contributed by atoms with E-state index in [9.17, 15) is 57.5 Å². The van der Waals surface area contributed by atoms with Gasteiger partial charge in [0, 0.05) is 63.1 Å². The van der Waals surface area contributed by atoms with Crippen LogP contribution in [-0.4, -0.2) is 90.9 Å². The lowest BCUT2D eigenvalue weighted by molar-refractivity contribution is -0.195. The number of amides is 6. The number of carbonyl (C=O) groups is 12. The zero-order valence-corrected chi connectivity index (χ0v) is 27.2. The van der Waals surface area contributed by atoms with Crippen LogP contribution in [0.5, 0.6) is 0 Å². The zero-order valence-electron chi connectivity index (χ0n) is 27.2. The van der Waals surface area contributed by atoms with Crippen LogP contribution in [0.25, 0.3) is 0 Å². The number of hydrogen-bond acceptors (Lipinski definition) is 15. The third-order valence-corrected chi connectivity index (χ3v) is 4.32. The lowest BCUT2D eigenvalue weighted by atomic mass is 10.2. The number of Topliss-reactive ketones (excluding diaryl/α,β-unsaturated/α-hetero) is 4. The van der Waals surface area contributed by atoms with Gasteiger partial charge in [0.25, 0.3) is 35.4 Å². The Kier molecular flexibility index (Phi) is 24.0. The molecule has 3 rings (SSSR count). The molecule has 6 amide bonds. The Labute approximate surface area is 269 Å². The number of imide groups is 3. The van der Waals surface area contributed by atoms with Crippen LogP contribution < -0.4 is 0 Å². The minimum absolute atomic E-state index is 0. The summed E-state index contributed by atoms with van der Waals surface area (Å²) in [7, 11) is 0. The first-order chi connectivity index (χ1) is 21.1. The summed E-state index contributed by atoms with van der Waals surface area (Å²) >= 11 is 0. The summed E-state index contributed by atoms with van der Waals surface area (Å²) in [6.07, 6.45) is 1.40. The highest BCUT2D eigenvalue weighted by atomic mass is 16.7. The van der Waals surface area contributed by atoms with E-state index < -0.39 is 47.4 Å². The Balaban J connectivity index is -0.000000116. The van der Waals surface area contributed by atoms with Gasteiger partial charge in [-0.1, -0.05) is 6.92 Å². The van der Waals surface area contributed by atoms with Gasteiger partial charge in [-0.25, -0.2) is 9.59 Å². The number of nitrogens with zero attached hydrogens (tertiary/aromatic N) is 3. The summed E-state index contributed by atoms with van der Waals surface area (Å²) in [5.41, 5.74) is 0. The molecule has 1 N–H and O–H groups in total. The standard InChI is InChI=1S/2C6H7NO4.C6H10O2.C4H5NO3.2C3H6O.3H2/c2*1-4(8)11-7-5(9)2-3-6(7)10;1-3-6(8)4-5(2)7;6-3-1-2-4(7)5(3)8;2*1-3(2)4;;;/h2*2-3H2,1H3;3-4H2,1-2H3;8H,1-2H2;2*1-2H3;3*1H. The van der Waals surface area contributed by atoms with Crippen molar-refractivity contribution < 1.29 is 76.7 Å². The molecule has 0 spiro atoms. The number of carbonyl (C=O) groups excluding carboxylic acids is 12. The average molecular weight is 666 g/mol. The SMILES string of the molecule is CC(=O)ON1C(=O)CCC1=O.CC(=O)ON1C(=O)CCC1=O.CC(C)=O.CC(C)=O.CCC(=O)CC(C)=O.O=C1CCC(=O)N1O.[HH].[HH].[HH]. The van der Waals surface area contributed by atoms with Crippen LogP contribution in [-0.2, 0) is 67.2 Å². The van der Waals surface area contributed by atoms with Crippen molar-refractivity contribution in [3.05, 3.63) is 0 Å². The molecule has 3 heterocycles. The van der Waals surface area contributed by atoms with Gasteiger partial charge in [0.05, 0.1) is 6.42 Å². The van der Waals surface area contributed by atoms with Crippen molar-refractivity contribution in [2.24, 2.45) is 0 Å². The largest absolute Gasteiger partial charge is 0.331 e. The summed E-state index contributed by atoms with van der Waals surface area (Å²) in [6.45, 7) is 11.6. The number of hydrogen-bond donors (Lipinski definition) is 1. The average Bonchev–Trinajstić information content (AvgIpc) is 3.51. The maximum Gasteiger partial charge on any atom is 0.330 e. The van der Waals surface area contributed by atoms with Gasteiger partial charge in [-0.2, -0.15) is 5.06 Å². The van der Waals surface area contributed by atoms with E-state index in [2.05, 4.69) is 9.68 Å². The van der Waals surface area contributed by atoms with E-state index in [1.807, 2.05) is 0 Å². The van der Waals surface area contributed by atoms with Crippen molar-refractivity contribution in [2.75, 3.05) is 0 Å². The Morgan fingerprint density at radius 3 is 0.935 bits per heavy atom. The van der Waals surface area contributed by atoms with Gasteiger partial charge < -0.3 is 19.3 Å². The normalized spacial score (nSPS) is 14.5. The molecule has 264 valence electrons. The third kappa shape index (κ3) is 24.4. The van der Waals surface area contributed by atoms with Crippen molar-refractivity contribution in [3.63, 3.8) is 0 Å². The highest BCUT2D eigenvalue weighted by Gasteiger charge is 2.32. The predicted octanol–water partition coefficient (Wildman–Crippen LogP) is 1.62. The molecule has 0 aliphatic carbocycles. The van der Waals surface area contributed by atoms with E-state index in [1.165, 1.54) is 34.6 Å². The van der Waals surface area contributed by atoms with Crippen molar-refractivity contribution in [1.29, 1.82) is 0 Å². The lowest BCUT2D eigenvalue weighted by Crippen LogP contribution is -2.30. The topological polar surface area (TPSA) is 253 Å². The fourth-order valence-corrected chi connectivity index (χ4v) is 2.54. The minimum Gasteiger partial charge on any atom is -0.331 e. The molecule has 3 aliphatic rings. The molecule has 0 aromatic rings. The first-order valence-corrected chi connectivity index (χ1v) is 13.7. The Bertz CT molecular complexity index is 1090. The molecule has 0 aromatic heterocycles. The lowest BCUT2D eigenvalue weighted by Gasteiger charge is -2.09. The van der Waals surface area contributed by atoms with Gasteiger partial charge >= 0.3 is 11.9 Å². The molecular formula is C28H47N3O15. The van der Waals surface area contributed by atoms with E-state index in [0.29, 0.717) is 16.5 Å². The number of ketones is 4. The van der Waals surface area contributed by atoms with E-state index in [4.69, 9.17) is 5.21 Å². The second-order valence-corrected chi connectivity index (χ2v) is 9.52. The van der Waals surface area contributed by atoms with Crippen LogP contribution in [0, 0.1) is 0 Å². The van der Waals surface area contributed by atoms with Gasteiger partial charge in [-0.3, -0.25) is 43.6 Å². The quantitative estimate of drug-likeness (QED) is 0.249. The summed E-state index contributed by atoms with van der Waals surface area (Å²) in [6, 6.07) is 0. The highest BCUT2D eigenvalue weighted by Crippen LogP contribution is 2.12. The molecule has 0 saturated carbocycles. The van der Waals surface area contributed by atoms with Crippen LogP contribution in [0.15, 0.2) is 0 Å². The second-order valence-electron chi connectivity index (χ2n) is 9.52. The van der Waals surface area contributed by atoms with Gasteiger partial charge in [0.1, 0.15) is 23.1 Å². The van der Waals surface area contributed by atoms with E-state index in [1.54, 1.807) is 6.92 Å². The molecule has 3 saturated heterocycles. The van der Waals surface area contributed by atoms with Gasteiger partial charge in [-0.15, -0.1) is 10.1 Å². The molecule has 0 radical (unpaired) electrons. The molecule has 0 atom stereocenters. The first kappa shape index (κ1) is 45.4. The Morgan fingerprint density at radius 1 is 0.565 bits per heavy atom. The highest BCUT2D eigenvalue weighted by molar-refractivity contribution is 6.02. The Morgan fingerprint density at radius 2 is 0.804 bits per heavy atom. The van der Waals surface area contributed by atoms with Crippen molar-refractivity contribution >= 4 is 70.5 Å². The van der Waals surface area contributed by atoms with Crippen LogP contribution in [0.1, 0.15) is 111 Å². The summed E-state index contributed by atoms with van der Waals surface area (Å²) < 4.78 is 0. The second kappa shape index (κ2) is 24.3. The van der Waals surface area contributed by atoms with Crippen molar-refractivity contribution in [1.82, 2.24) is 15.2 Å². The Hall–Kier alpha value is -5.00. The molecule has 3 fully saturated rings. The summed E-state index contributed by atoms with van der Waals surface area (Å²) in [4.78, 5) is 132. The molecular weight excluding hydrogens is 618 g/mol. The number of rotatable bonds is 5. The summed E-state index contributed by atoms with van der Waals surface area (Å²) in [5, 5.41) is 9.60. The molecule has 0 bridgehead atoms. The fourth-order valence-electron chi connectivity index (χ4n) is 2.54. The molecule has 0 unspecified atom stereocenters. The van der Waals surface area contributed by atoms with Crippen LogP contribution >= 0.6 is 0 Å². The first-order valence-electron chi connectivity index (χ1n) is 13.7. The van der Waals surface area contributed by atoms with Crippen molar-refractivity contribution in [3.8, 4) is 0 Å². The van der Waals surface area contributed by atoms with Crippen LogP contribution in [0.4, 0.5) is 0 Å². The fraction of sp³-hybridized carbons (Fsp3) is 0.571. The maximum atomic E-state index is 10.7. The van der Waals surface area contributed by atoms with E-state index in [0.717, 1.165) is 13.8 Å². The smallest absolute Gasteiger partial charge is 0.330 e. The molecule has 18 heteroatoms. The van der Waals surface area contributed by atoms with Crippen molar-refractivity contribution in [2.45, 2.75) is 107 Å². The van der Waals surface area contributed by atoms with Crippen LogP contribution in [0.3, 0.4) is 0 Å². The molecule has 18 nitrogen and oxygen atoms in total. The van der Waals surface area contributed by atoms with Crippen LogP contribution in [0.2, 0.25) is 0 Å².